The highest BCUT2D eigenvalue weighted by Gasteiger charge is 2.15. The lowest BCUT2D eigenvalue weighted by atomic mass is 10.1. The van der Waals surface area contributed by atoms with E-state index in [2.05, 4.69) is 19.9 Å². The van der Waals surface area contributed by atoms with E-state index in [1.165, 1.54) is 14.2 Å². The standard InChI is InChI=1S/C18H19N5O4/c1-24-10-27-12-6-4-11(5-7-12)15-16(19)20-9-14(22-15)13-8-21-18(26-3)23-17(13)25-2/h4-9H,10H2,1-3H3,(H2,19,20). The van der Waals surface area contributed by atoms with E-state index in [1.807, 2.05) is 12.1 Å². The molecule has 0 fully saturated rings. The maximum atomic E-state index is 6.03. The number of rotatable bonds is 7. The summed E-state index contributed by atoms with van der Waals surface area (Å²) >= 11 is 0. The molecule has 0 saturated carbocycles. The van der Waals surface area contributed by atoms with Crippen molar-refractivity contribution in [2.45, 2.75) is 0 Å². The number of nitrogens with zero attached hydrogens (tertiary/aromatic N) is 4. The van der Waals surface area contributed by atoms with E-state index in [9.17, 15) is 0 Å². The Labute approximate surface area is 156 Å². The molecule has 0 spiro atoms. The highest BCUT2D eigenvalue weighted by Crippen LogP contribution is 2.31. The summed E-state index contributed by atoms with van der Waals surface area (Å²) in [5, 5.41) is 0. The van der Waals surface area contributed by atoms with Crippen molar-refractivity contribution in [1.82, 2.24) is 19.9 Å². The fourth-order valence-corrected chi connectivity index (χ4v) is 2.36. The normalized spacial score (nSPS) is 10.5. The van der Waals surface area contributed by atoms with Gasteiger partial charge in [-0.05, 0) is 24.3 Å². The minimum Gasteiger partial charge on any atom is -0.480 e. The Kier molecular flexibility index (Phi) is 5.62. The largest absolute Gasteiger partial charge is 0.480 e. The number of ether oxygens (including phenoxy) is 4. The van der Waals surface area contributed by atoms with Gasteiger partial charge in [-0.2, -0.15) is 4.98 Å². The number of hydrogen-bond donors (Lipinski definition) is 1. The average Bonchev–Trinajstić information content (AvgIpc) is 2.72. The van der Waals surface area contributed by atoms with Crippen molar-refractivity contribution in [2.75, 3.05) is 33.9 Å². The van der Waals surface area contributed by atoms with Gasteiger partial charge in [0, 0.05) is 18.9 Å². The Hall–Kier alpha value is -3.46. The summed E-state index contributed by atoms with van der Waals surface area (Å²) in [5.74, 6) is 1.31. The second-order valence-electron chi connectivity index (χ2n) is 5.34. The van der Waals surface area contributed by atoms with Crippen molar-refractivity contribution in [1.29, 1.82) is 0 Å². The fraction of sp³-hybridized carbons (Fsp3) is 0.222. The van der Waals surface area contributed by atoms with Crippen LogP contribution in [0.5, 0.6) is 17.6 Å². The van der Waals surface area contributed by atoms with Gasteiger partial charge in [0.2, 0.25) is 5.88 Å². The van der Waals surface area contributed by atoms with Crippen LogP contribution in [0.3, 0.4) is 0 Å². The number of aromatic nitrogens is 4. The topological polar surface area (TPSA) is 114 Å². The molecule has 2 N–H and O–H groups in total. The Bertz CT molecular complexity index is 918. The van der Waals surface area contributed by atoms with Crippen LogP contribution in [0.4, 0.5) is 5.82 Å². The molecule has 0 aliphatic rings. The fourth-order valence-electron chi connectivity index (χ4n) is 2.36. The molecule has 0 unspecified atom stereocenters. The number of hydrogen-bond acceptors (Lipinski definition) is 9. The summed E-state index contributed by atoms with van der Waals surface area (Å²) in [6.07, 6.45) is 3.11. The predicted molar refractivity (Wildman–Crippen MR) is 98.5 cm³/mol. The molecule has 1 aromatic carbocycles. The van der Waals surface area contributed by atoms with E-state index in [4.69, 9.17) is 24.7 Å². The van der Waals surface area contributed by atoms with Crippen LogP contribution >= 0.6 is 0 Å². The zero-order chi connectivity index (χ0) is 19.2. The number of anilines is 1. The zero-order valence-corrected chi connectivity index (χ0v) is 15.2. The summed E-state index contributed by atoms with van der Waals surface area (Å²) in [6, 6.07) is 7.50. The first kappa shape index (κ1) is 18.3. The predicted octanol–water partition coefficient (Wildman–Crippen LogP) is 2.18. The van der Waals surface area contributed by atoms with Crippen LogP contribution < -0.4 is 19.9 Å². The van der Waals surface area contributed by atoms with Gasteiger partial charge in [-0.3, -0.25) is 0 Å². The van der Waals surface area contributed by atoms with Gasteiger partial charge < -0.3 is 24.7 Å². The molecule has 9 nitrogen and oxygen atoms in total. The second kappa shape index (κ2) is 8.28. The Morgan fingerprint density at radius 2 is 1.70 bits per heavy atom. The smallest absolute Gasteiger partial charge is 0.319 e. The first-order valence-corrected chi connectivity index (χ1v) is 7.96. The molecule has 0 amide bonds. The molecule has 0 bridgehead atoms. The van der Waals surface area contributed by atoms with E-state index < -0.39 is 0 Å². The maximum absolute atomic E-state index is 6.03. The number of methoxy groups -OCH3 is 3. The Balaban J connectivity index is 1.98. The highest BCUT2D eigenvalue weighted by molar-refractivity contribution is 5.74. The molecule has 0 radical (unpaired) electrons. The summed E-state index contributed by atoms with van der Waals surface area (Å²) in [6.45, 7) is 0.175. The molecular formula is C18H19N5O4. The van der Waals surface area contributed by atoms with E-state index >= 15 is 0 Å². The lowest BCUT2D eigenvalue weighted by Crippen LogP contribution is -2.02. The van der Waals surface area contributed by atoms with E-state index in [-0.39, 0.29) is 12.8 Å². The molecule has 0 aliphatic heterocycles. The third-order valence-corrected chi connectivity index (χ3v) is 3.66. The van der Waals surface area contributed by atoms with Crippen LogP contribution in [-0.4, -0.2) is 48.1 Å². The van der Waals surface area contributed by atoms with Gasteiger partial charge in [-0.1, -0.05) is 0 Å². The molecule has 2 heterocycles. The van der Waals surface area contributed by atoms with Crippen molar-refractivity contribution < 1.29 is 18.9 Å². The van der Waals surface area contributed by atoms with Gasteiger partial charge in [-0.15, -0.1) is 0 Å². The summed E-state index contributed by atoms with van der Waals surface area (Å²) in [4.78, 5) is 17.1. The molecule has 0 aliphatic carbocycles. The van der Waals surface area contributed by atoms with Crippen LogP contribution in [-0.2, 0) is 4.74 Å². The van der Waals surface area contributed by atoms with Crippen LogP contribution in [0.25, 0.3) is 22.5 Å². The van der Waals surface area contributed by atoms with Gasteiger partial charge in [0.1, 0.15) is 17.3 Å². The average molecular weight is 369 g/mol. The first-order valence-electron chi connectivity index (χ1n) is 7.96. The number of benzene rings is 1. The van der Waals surface area contributed by atoms with Gasteiger partial charge in [-0.25, -0.2) is 15.0 Å². The summed E-state index contributed by atoms with van der Waals surface area (Å²) < 4.78 is 20.6. The minimum atomic E-state index is 0.175. The lowest BCUT2D eigenvalue weighted by molar-refractivity contribution is 0.0511. The quantitative estimate of drug-likeness (QED) is 0.626. The van der Waals surface area contributed by atoms with E-state index in [0.717, 1.165) is 5.56 Å². The number of nitrogen functional groups attached to an aromatic ring is 1. The second-order valence-corrected chi connectivity index (χ2v) is 5.34. The first-order chi connectivity index (χ1) is 13.2. The van der Waals surface area contributed by atoms with E-state index in [1.54, 1.807) is 31.6 Å². The van der Waals surface area contributed by atoms with Crippen molar-refractivity contribution >= 4 is 5.82 Å². The lowest BCUT2D eigenvalue weighted by Gasteiger charge is -2.11. The molecule has 3 aromatic rings. The summed E-state index contributed by atoms with van der Waals surface area (Å²) in [7, 11) is 4.55. The van der Waals surface area contributed by atoms with Crippen LogP contribution in [0.1, 0.15) is 0 Å². The highest BCUT2D eigenvalue weighted by atomic mass is 16.7. The van der Waals surface area contributed by atoms with Crippen LogP contribution in [0.2, 0.25) is 0 Å². The van der Waals surface area contributed by atoms with Crippen molar-refractivity contribution in [2.24, 2.45) is 0 Å². The molecule has 3 rings (SSSR count). The molecule has 9 heteroatoms. The zero-order valence-electron chi connectivity index (χ0n) is 15.2. The van der Waals surface area contributed by atoms with Gasteiger partial charge in [0.05, 0.1) is 31.7 Å². The summed E-state index contributed by atoms with van der Waals surface area (Å²) in [5.41, 5.74) is 8.45. The van der Waals surface area contributed by atoms with Crippen molar-refractivity contribution in [3.63, 3.8) is 0 Å². The Morgan fingerprint density at radius 3 is 2.37 bits per heavy atom. The molecule has 0 atom stereocenters. The van der Waals surface area contributed by atoms with Gasteiger partial charge in [0.25, 0.3) is 0 Å². The van der Waals surface area contributed by atoms with Gasteiger partial charge >= 0.3 is 6.01 Å². The van der Waals surface area contributed by atoms with Crippen LogP contribution in [0, 0.1) is 0 Å². The third kappa shape index (κ3) is 4.04. The third-order valence-electron chi connectivity index (χ3n) is 3.66. The molecular weight excluding hydrogens is 350 g/mol. The minimum absolute atomic E-state index is 0.175. The van der Waals surface area contributed by atoms with Crippen molar-refractivity contribution in [3.8, 4) is 40.2 Å². The van der Waals surface area contributed by atoms with Crippen molar-refractivity contribution in [3.05, 3.63) is 36.7 Å². The van der Waals surface area contributed by atoms with Crippen LogP contribution in [0.15, 0.2) is 36.7 Å². The monoisotopic (exact) mass is 369 g/mol. The Morgan fingerprint density at radius 1 is 0.926 bits per heavy atom. The van der Waals surface area contributed by atoms with E-state index in [0.29, 0.717) is 34.4 Å². The molecule has 2 aromatic heterocycles. The molecule has 27 heavy (non-hydrogen) atoms. The molecule has 140 valence electrons. The molecule has 0 saturated heterocycles. The maximum Gasteiger partial charge on any atom is 0.319 e. The van der Waals surface area contributed by atoms with Gasteiger partial charge in [0.15, 0.2) is 6.79 Å². The number of nitrogens with two attached hydrogens (primary N) is 1. The SMILES string of the molecule is COCOc1ccc(-c2nc(-c3cnc(OC)nc3OC)cnc2N)cc1.